The molecule has 0 aromatic carbocycles. The van der Waals surface area contributed by atoms with E-state index in [-0.39, 0.29) is 0 Å². The third-order valence-corrected chi connectivity index (χ3v) is 1.60. The number of nitrogens with one attached hydrogen (secondary N) is 1. The summed E-state index contributed by atoms with van der Waals surface area (Å²) in [5, 5.41) is 7.48. The third-order valence-electron chi connectivity index (χ3n) is 1.60. The minimum atomic E-state index is 0.918. The van der Waals surface area contributed by atoms with Gasteiger partial charge in [-0.05, 0) is 13.0 Å². The molecule has 1 heterocycles. The Balaban J connectivity index is 2.15. The molecule has 0 unspecified atom stereocenters. The van der Waals surface area contributed by atoms with Crippen molar-refractivity contribution in [3.63, 3.8) is 0 Å². The Morgan fingerprint density at radius 1 is 1.50 bits per heavy atom. The monoisotopic (exact) mass is 168 g/mol. The van der Waals surface area contributed by atoms with Crippen LogP contribution in [0.25, 0.3) is 0 Å². The van der Waals surface area contributed by atoms with E-state index in [9.17, 15) is 0 Å². The highest BCUT2D eigenvalue weighted by Gasteiger charge is 1.96. The highest BCUT2D eigenvalue weighted by atomic mass is 15.3. The SMILES string of the molecule is CCCNCCc1ncn(C)n1. The van der Waals surface area contributed by atoms with Crippen LogP contribution in [-0.4, -0.2) is 27.9 Å². The fourth-order valence-electron chi connectivity index (χ4n) is 1.00. The van der Waals surface area contributed by atoms with Gasteiger partial charge in [0, 0.05) is 20.0 Å². The maximum absolute atomic E-state index is 4.17. The van der Waals surface area contributed by atoms with E-state index in [4.69, 9.17) is 0 Å². The fraction of sp³-hybridized carbons (Fsp3) is 0.750. The average molecular weight is 168 g/mol. The van der Waals surface area contributed by atoms with Crippen LogP contribution in [0.3, 0.4) is 0 Å². The van der Waals surface area contributed by atoms with E-state index in [1.54, 1.807) is 11.0 Å². The molecule has 0 saturated heterocycles. The quantitative estimate of drug-likeness (QED) is 0.645. The molecule has 68 valence electrons. The number of nitrogens with zero attached hydrogens (tertiary/aromatic N) is 3. The predicted octanol–water partition coefficient (Wildman–Crippen LogP) is 0.357. The largest absolute Gasteiger partial charge is 0.316 e. The molecule has 0 spiro atoms. The first kappa shape index (κ1) is 9.19. The van der Waals surface area contributed by atoms with Gasteiger partial charge in [0.05, 0.1) is 0 Å². The molecule has 0 fully saturated rings. The van der Waals surface area contributed by atoms with Crippen LogP contribution in [0.1, 0.15) is 19.2 Å². The summed E-state index contributed by atoms with van der Waals surface area (Å²) in [6.45, 7) is 4.21. The zero-order chi connectivity index (χ0) is 8.81. The van der Waals surface area contributed by atoms with Crippen LogP contribution in [0.4, 0.5) is 0 Å². The van der Waals surface area contributed by atoms with Gasteiger partial charge in [0.1, 0.15) is 6.33 Å². The van der Waals surface area contributed by atoms with Crippen molar-refractivity contribution in [3.05, 3.63) is 12.2 Å². The van der Waals surface area contributed by atoms with Crippen molar-refractivity contribution in [3.8, 4) is 0 Å². The molecule has 0 aliphatic heterocycles. The standard InChI is InChI=1S/C8H16N4/c1-3-5-9-6-4-8-10-7-12(2)11-8/h7,9H,3-6H2,1-2H3. The summed E-state index contributed by atoms with van der Waals surface area (Å²) in [4.78, 5) is 4.13. The van der Waals surface area contributed by atoms with Gasteiger partial charge in [-0.3, -0.25) is 4.68 Å². The topological polar surface area (TPSA) is 42.7 Å². The number of hydrogen-bond acceptors (Lipinski definition) is 3. The van der Waals surface area contributed by atoms with Crippen molar-refractivity contribution >= 4 is 0 Å². The van der Waals surface area contributed by atoms with Gasteiger partial charge in [-0.2, -0.15) is 5.10 Å². The summed E-state index contributed by atoms with van der Waals surface area (Å²) < 4.78 is 1.73. The van der Waals surface area contributed by atoms with Gasteiger partial charge < -0.3 is 5.32 Å². The first-order chi connectivity index (χ1) is 5.83. The van der Waals surface area contributed by atoms with Crippen LogP contribution < -0.4 is 5.32 Å². The summed E-state index contributed by atoms with van der Waals surface area (Å²) in [6, 6.07) is 0. The van der Waals surface area contributed by atoms with Gasteiger partial charge in [-0.15, -0.1) is 0 Å². The molecule has 1 aromatic heterocycles. The molecular weight excluding hydrogens is 152 g/mol. The second kappa shape index (κ2) is 4.87. The maximum Gasteiger partial charge on any atom is 0.151 e. The van der Waals surface area contributed by atoms with E-state index in [1.807, 2.05) is 7.05 Å². The summed E-state index contributed by atoms with van der Waals surface area (Å²) >= 11 is 0. The Morgan fingerprint density at radius 3 is 2.92 bits per heavy atom. The molecular formula is C8H16N4. The molecule has 0 aliphatic rings. The van der Waals surface area contributed by atoms with Crippen LogP contribution in [0.2, 0.25) is 0 Å². The zero-order valence-corrected chi connectivity index (χ0v) is 7.75. The minimum Gasteiger partial charge on any atom is -0.316 e. The maximum atomic E-state index is 4.17. The Labute approximate surface area is 73.0 Å². The molecule has 0 aliphatic carbocycles. The molecule has 12 heavy (non-hydrogen) atoms. The molecule has 0 bridgehead atoms. The van der Waals surface area contributed by atoms with Crippen LogP contribution in [0, 0.1) is 0 Å². The van der Waals surface area contributed by atoms with Gasteiger partial charge in [-0.1, -0.05) is 6.92 Å². The number of aromatic nitrogens is 3. The Morgan fingerprint density at radius 2 is 2.33 bits per heavy atom. The molecule has 4 heteroatoms. The summed E-state index contributed by atoms with van der Waals surface area (Å²) in [5.74, 6) is 0.918. The van der Waals surface area contributed by atoms with E-state index in [1.165, 1.54) is 6.42 Å². The highest BCUT2D eigenvalue weighted by molar-refractivity contribution is 4.81. The van der Waals surface area contributed by atoms with Crippen molar-refractivity contribution in [2.75, 3.05) is 13.1 Å². The highest BCUT2D eigenvalue weighted by Crippen LogP contribution is 1.87. The second-order valence-corrected chi connectivity index (χ2v) is 2.83. The lowest BCUT2D eigenvalue weighted by atomic mass is 10.4. The third kappa shape index (κ3) is 3.00. The van der Waals surface area contributed by atoms with E-state index in [2.05, 4.69) is 22.3 Å². The van der Waals surface area contributed by atoms with Crippen molar-refractivity contribution in [1.29, 1.82) is 0 Å². The molecule has 4 nitrogen and oxygen atoms in total. The molecule has 1 aromatic rings. The van der Waals surface area contributed by atoms with Crippen molar-refractivity contribution in [2.45, 2.75) is 19.8 Å². The van der Waals surface area contributed by atoms with Crippen LogP contribution >= 0.6 is 0 Å². The average Bonchev–Trinajstić information content (AvgIpc) is 2.45. The Bertz CT molecular complexity index is 219. The fourth-order valence-corrected chi connectivity index (χ4v) is 1.00. The zero-order valence-electron chi connectivity index (χ0n) is 7.75. The van der Waals surface area contributed by atoms with Crippen molar-refractivity contribution in [1.82, 2.24) is 20.1 Å². The first-order valence-corrected chi connectivity index (χ1v) is 4.38. The molecule has 0 radical (unpaired) electrons. The molecule has 0 amide bonds. The number of rotatable bonds is 5. The van der Waals surface area contributed by atoms with E-state index >= 15 is 0 Å². The smallest absolute Gasteiger partial charge is 0.151 e. The summed E-state index contributed by atoms with van der Waals surface area (Å²) in [7, 11) is 1.88. The van der Waals surface area contributed by atoms with Gasteiger partial charge in [0.25, 0.3) is 0 Å². The van der Waals surface area contributed by atoms with E-state index in [0.29, 0.717) is 0 Å². The van der Waals surface area contributed by atoms with Gasteiger partial charge in [-0.25, -0.2) is 4.98 Å². The lowest BCUT2D eigenvalue weighted by Crippen LogP contribution is -2.18. The van der Waals surface area contributed by atoms with Gasteiger partial charge >= 0.3 is 0 Å². The molecule has 0 atom stereocenters. The van der Waals surface area contributed by atoms with Crippen LogP contribution in [-0.2, 0) is 13.5 Å². The molecule has 1 N–H and O–H groups in total. The molecule has 1 rings (SSSR count). The van der Waals surface area contributed by atoms with Crippen LogP contribution in [0.5, 0.6) is 0 Å². The first-order valence-electron chi connectivity index (χ1n) is 4.38. The molecule has 0 saturated carbocycles. The van der Waals surface area contributed by atoms with Gasteiger partial charge in [0.2, 0.25) is 0 Å². The van der Waals surface area contributed by atoms with E-state index in [0.717, 1.165) is 25.3 Å². The summed E-state index contributed by atoms with van der Waals surface area (Å²) in [6.07, 6.45) is 3.83. The second-order valence-electron chi connectivity index (χ2n) is 2.83. The Kier molecular flexibility index (Phi) is 3.73. The van der Waals surface area contributed by atoms with Crippen molar-refractivity contribution < 1.29 is 0 Å². The minimum absolute atomic E-state index is 0.918. The van der Waals surface area contributed by atoms with E-state index < -0.39 is 0 Å². The van der Waals surface area contributed by atoms with Crippen molar-refractivity contribution in [2.24, 2.45) is 7.05 Å². The predicted molar refractivity (Wildman–Crippen MR) is 47.9 cm³/mol. The number of aryl methyl sites for hydroxylation is 1. The normalized spacial score (nSPS) is 10.5. The number of hydrogen-bond donors (Lipinski definition) is 1. The van der Waals surface area contributed by atoms with Gasteiger partial charge in [0.15, 0.2) is 5.82 Å². The lowest BCUT2D eigenvalue weighted by molar-refractivity contribution is 0.651. The van der Waals surface area contributed by atoms with Crippen LogP contribution in [0.15, 0.2) is 6.33 Å². The Hall–Kier alpha value is -0.900. The lowest BCUT2D eigenvalue weighted by Gasteiger charge is -1.98. The summed E-state index contributed by atoms with van der Waals surface area (Å²) in [5.41, 5.74) is 0.